The van der Waals surface area contributed by atoms with Crippen molar-refractivity contribution in [3.05, 3.63) is 59.1 Å². The number of pyridine rings is 1. The van der Waals surface area contributed by atoms with Gasteiger partial charge in [-0.2, -0.15) is 0 Å². The molecule has 0 fully saturated rings. The van der Waals surface area contributed by atoms with Gasteiger partial charge in [-0.05, 0) is 30.3 Å². The van der Waals surface area contributed by atoms with E-state index < -0.39 is 5.91 Å². The van der Waals surface area contributed by atoms with Crippen LogP contribution < -0.4 is 26.6 Å². The predicted molar refractivity (Wildman–Crippen MR) is 108 cm³/mol. The summed E-state index contributed by atoms with van der Waals surface area (Å²) in [5, 5.41) is 3.79. The molecular formula is C17H15Cl2N7O2. The molecule has 2 heterocycles. The van der Waals surface area contributed by atoms with E-state index in [0.29, 0.717) is 27.3 Å². The number of rotatable bonds is 7. The Hall–Kier alpha value is -3.30. The second kappa shape index (κ2) is 9.07. The highest BCUT2D eigenvalue weighted by molar-refractivity contribution is 6.35. The summed E-state index contributed by atoms with van der Waals surface area (Å²) in [4.78, 5) is 24.1. The summed E-state index contributed by atoms with van der Waals surface area (Å²) in [6, 6.07) is 8.28. The van der Waals surface area contributed by atoms with E-state index in [1.165, 1.54) is 12.4 Å². The average molecular weight is 420 g/mol. The lowest BCUT2D eigenvalue weighted by atomic mass is 10.3. The van der Waals surface area contributed by atoms with Gasteiger partial charge in [0.15, 0.2) is 18.2 Å². The Balaban J connectivity index is 1.56. The highest BCUT2D eigenvalue weighted by atomic mass is 35.5. The van der Waals surface area contributed by atoms with Gasteiger partial charge in [0.05, 0.1) is 16.9 Å². The van der Waals surface area contributed by atoms with Crippen molar-refractivity contribution in [2.45, 2.75) is 0 Å². The number of anilines is 4. The standard InChI is InChI=1S/C17H15Cl2N7O2/c18-10-3-4-13(12(19)6-10)28-8-14(27)25-26-17-15(20)16(22-9-23-17)24-11-2-1-5-21-7-11/h1-7,9H,8,20H2,(H,25,27)(H2,22,23,24,26). The molecule has 9 nitrogen and oxygen atoms in total. The van der Waals surface area contributed by atoms with Crippen LogP contribution in [0.4, 0.5) is 23.0 Å². The number of nitrogens with two attached hydrogens (primary N) is 1. The molecule has 0 aliphatic carbocycles. The SMILES string of the molecule is Nc1c(NNC(=O)COc2ccc(Cl)cc2Cl)ncnc1Nc1cccnc1. The van der Waals surface area contributed by atoms with Crippen LogP contribution in [0.15, 0.2) is 49.1 Å². The van der Waals surface area contributed by atoms with Crippen molar-refractivity contribution in [3.63, 3.8) is 0 Å². The third kappa shape index (κ3) is 5.12. The van der Waals surface area contributed by atoms with E-state index in [-0.39, 0.29) is 18.1 Å². The summed E-state index contributed by atoms with van der Waals surface area (Å²) in [7, 11) is 0. The van der Waals surface area contributed by atoms with E-state index in [2.05, 4.69) is 31.1 Å². The van der Waals surface area contributed by atoms with Crippen LogP contribution in [-0.4, -0.2) is 27.5 Å². The van der Waals surface area contributed by atoms with Crippen molar-refractivity contribution in [1.29, 1.82) is 0 Å². The number of ether oxygens (including phenoxy) is 1. The first-order chi connectivity index (χ1) is 13.5. The maximum Gasteiger partial charge on any atom is 0.276 e. The molecule has 2 aromatic heterocycles. The van der Waals surface area contributed by atoms with Gasteiger partial charge in [-0.3, -0.25) is 20.6 Å². The highest BCUT2D eigenvalue weighted by Gasteiger charge is 2.11. The van der Waals surface area contributed by atoms with E-state index in [1.807, 2.05) is 6.07 Å². The number of aromatic nitrogens is 3. The first-order valence-electron chi connectivity index (χ1n) is 7.93. The van der Waals surface area contributed by atoms with Crippen LogP contribution in [-0.2, 0) is 4.79 Å². The normalized spacial score (nSPS) is 10.2. The molecule has 1 amide bonds. The predicted octanol–water partition coefficient (Wildman–Crippen LogP) is 3.03. The Morgan fingerprint density at radius 3 is 2.75 bits per heavy atom. The second-order valence-electron chi connectivity index (χ2n) is 5.39. The zero-order chi connectivity index (χ0) is 19.9. The summed E-state index contributed by atoms with van der Waals surface area (Å²) in [6.07, 6.45) is 4.57. The quantitative estimate of drug-likeness (QED) is 0.430. The van der Waals surface area contributed by atoms with Gasteiger partial charge >= 0.3 is 0 Å². The number of halogens is 2. The molecule has 5 N–H and O–H groups in total. The Kier molecular flexibility index (Phi) is 6.30. The molecule has 0 aliphatic heterocycles. The number of benzene rings is 1. The van der Waals surface area contributed by atoms with Gasteiger partial charge in [-0.25, -0.2) is 9.97 Å². The van der Waals surface area contributed by atoms with Gasteiger partial charge in [-0.15, -0.1) is 0 Å². The number of nitrogens with zero attached hydrogens (tertiary/aromatic N) is 3. The van der Waals surface area contributed by atoms with Crippen molar-refractivity contribution >= 4 is 52.1 Å². The van der Waals surface area contributed by atoms with Crippen molar-refractivity contribution in [1.82, 2.24) is 20.4 Å². The van der Waals surface area contributed by atoms with Gasteiger partial charge in [0.1, 0.15) is 17.8 Å². The summed E-state index contributed by atoms with van der Waals surface area (Å²) in [5.41, 5.74) is 12.0. The van der Waals surface area contributed by atoms with Crippen LogP contribution in [0.1, 0.15) is 0 Å². The minimum Gasteiger partial charge on any atom is -0.482 e. The molecule has 3 rings (SSSR count). The van der Waals surface area contributed by atoms with E-state index >= 15 is 0 Å². The van der Waals surface area contributed by atoms with Crippen molar-refractivity contribution in [2.75, 3.05) is 23.1 Å². The summed E-state index contributed by atoms with van der Waals surface area (Å²) >= 11 is 11.8. The highest BCUT2D eigenvalue weighted by Crippen LogP contribution is 2.27. The molecule has 0 saturated carbocycles. The molecule has 0 unspecified atom stereocenters. The number of carbonyl (C=O) groups excluding carboxylic acids is 1. The smallest absolute Gasteiger partial charge is 0.276 e. The minimum absolute atomic E-state index is 0.216. The molecule has 0 saturated heterocycles. The summed E-state index contributed by atoms with van der Waals surface area (Å²) in [6.45, 7) is -0.278. The summed E-state index contributed by atoms with van der Waals surface area (Å²) < 4.78 is 5.35. The Bertz CT molecular complexity index is 973. The maximum absolute atomic E-state index is 12.0. The first kappa shape index (κ1) is 19.5. The van der Waals surface area contributed by atoms with Gasteiger partial charge in [0.2, 0.25) is 0 Å². The topological polar surface area (TPSA) is 127 Å². The lowest BCUT2D eigenvalue weighted by molar-refractivity contribution is -0.122. The number of hydrogen-bond acceptors (Lipinski definition) is 8. The van der Waals surface area contributed by atoms with Gasteiger partial charge in [0.25, 0.3) is 5.91 Å². The third-order valence-corrected chi connectivity index (χ3v) is 3.91. The number of amides is 1. The van der Waals surface area contributed by atoms with Crippen LogP contribution in [0.2, 0.25) is 10.0 Å². The molecule has 0 atom stereocenters. The number of nitrogen functional groups attached to an aromatic ring is 1. The van der Waals surface area contributed by atoms with E-state index in [0.717, 1.165) is 0 Å². The second-order valence-corrected chi connectivity index (χ2v) is 6.23. The zero-order valence-corrected chi connectivity index (χ0v) is 15.8. The largest absolute Gasteiger partial charge is 0.482 e. The van der Waals surface area contributed by atoms with Crippen LogP contribution in [0.5, 0.6) is 5.75 Å². The third-order valence-electron chi connectivity index (χ3n) is 3.38. The number of hydrogen-bond donors (Lipinski definition) is 4. The van der Waals surface area contributed by atoms with Crippen molar-refractivity contribution in [2.24, 2.45) is 0 Å². The zero-order valence-electron chi connectivity index (χ0n) is 14.3. The molecule has 3 aromatic rings. The Morgan fingerprint density at radius 1 is 1.18 bits per heavy atom. The van der Waals surface area contributed by atoms with Crippen LogP contribution in [0.25, 0.3) is 0 Å². The molecule has 0 spiro atoms. The molecule has 11 heteroatoms. The number of nitrogens with one attached hydrogen (secondary N) is 3. The Morgan fingerprint density at radius 2 is 2.00 bits per heavy atom. The molecule has 0 radical (unpaired) electrons. The average Bonchev–Trinajstić information content (AvgIpc) is 2.69. The number of carbonyl (C=O) groups is 1. The van der Waals surface area contributed by atoms with E-state index in [4.69, 9.17) is 33.7 Å². The van der Waals surface area contributed by atoms with Crippen LogP contribution in [0.3, 0.4) is 0 Å². The molecule has 28 heavy (non-hydrogen) atoms. The first-order valence-corrected chi connectivity index (χ1v) is 8.69. The Labute approximate surface area is 170 Å². The van der Waals surface area contributed by atoms with Gasteiger partial charge in [0, 0.05) is 11.2 Å². The van der Waals surface area contributed by atoms with Crippen LogP contribution >= 0.6 is 23.2 Å². The number of hydrazine groups is 1. The van der Waals surface area contributed by atoms with Gasteiger partial charge < -0.3 is 15.8 Å². The fourth-order valence-electron chi connectivity index (χ4n) is 2.07. The van der Waals surface area contributed by atoms with E-state index in [1.54, 1.807) is 30.6 Å². The van der Waals surface area contributed by atoms with E-state index in [9.17, 15) is 4.79 Å². The molecule has 144 valence electrons. The van der Waals surface area contributed by atoms with Crippen molar-refractivity contribution in [3.8, 4) is 5.75 Å². The summed E-state index contributed by atoms with van der Waals surface area (Å²) in [5.74, 6) is 0.458. The monoisotopic (exact) mass is 419 g/mol. The van der Waals surface area contributed by atoms with Crippen LogP contribution in [0, 0.1) is 0 Å². The van der Waals surface area contributed by atoms with Crippen molar-refractivity contribution < 1.29 is 9.53 Å². The lowest BCUT2D eigenvalue weighted by Gasteiger charge is -2.13. The molecular weight excluding hydrogens is 405 g/mol. The minimum atomic E-state index is -0.467. The van der Waals surface area contributed by atoms with Gasteiger partial charge in [-0.1, -0.05) is 23.2 Å². The molecule has 1 aromatic carbocycles. The fourth-order valence-corrected chi connectivity index (χ4v) is 2.53. The maximum atomic E-state index is 12.0. The molecule has 0 bridgehead atoms. The molecule has 0 aliphatic rings. The fraction of sp³-hybridized carbons (Fsp3) is 0.0588. The lowest BCUT2D eigenvalue weighted by Crippen LogP contribution is -2.34.